The lowest BCUT2D eigenvalue weighted by molar-refractivity contribution is 0.101. The SMILES string of the molecule is COc1ccc(/C=C2\Oc3c(cc(CN4CCCC[C@H]4c4cccnc4)c(O)c3C)C2=O)cc1OC. The standard InChI is InChI=1S/C29H30N2O5/c1-18-27(32)21(17-31-12-5-4-8-23(31)20-7-6-11-30-16-20)15-22-28(33)26(36-29(18)22)14-19-9-10-24(34-2)25(13-19)35-3/h6-7,9-11,13-16,23,32H,4-5,8,12,17H2,1-3H3/b26-14-/t23-/m0/s1. The van der Waals surface area contributed by atoms with Gasteiger partial charge in [0.15, 0.2) is 17.3 Å². The van der Waals surface area contributed by atoms with E-state index in [0.29, 0.717) is 34.9 Å². The molecular weight excluding hydrogens is 456 g/mol. The van der Waals surface area contributed by atoms with Crippen molar-refractivity contribution in [3.8, 4) is 23.0 Å². The van der Waals surface area contributed by atoms with Gasteiger partial charge >= 0.3 is 0 Å². The van der Waals surface area contributed by atoms with Crippen LogP contribution in [0.2, 0.25) is 0 Å². The highest BCUT2D eigenvalue weighted by Crippen LogP contribution is 2.43. The lowest BCUT2D eigenvalue weighted by atomic mass is 9.94. The van der Waals surface area contributed by atoms with Gasteiger partial charge in [0.1, 0.15) is 11.5 Å². The predicted octanol–water partition coefficient (Wildman–Crippen LogP) is 5.46. The normalized spacial score (nSPS) is 18.7. The van der Waals surface area contributed by atoms with Crippen LogP contribution >= 0.6 is 0 Å². The number of hydrogen-bond donors (Lipinski definition) is 1. The minimum atomic E-state index is -0.202. The van der Waals surface area contributed by atoms with Gasteiger partial charge in [0, 0.05) is 36.1 Å². The summed E-state index contributed by atoms with van der Waals surface area (Å²) >= 11 is 0. The second-order valence-electron chi connectivity index (χ2n) is 9.21. The maximum Gasteiger partial charge on any atom is 0.231 e. The van der Waals surface area contributed by atoms with Crippen molar-refractivity contribution in [2.24, 2.45) is 0 Å². The van der Waals surface area contributed by atoms with Crippen LogP contribution in [0.4, 0.5) is 0 Å². The van der Waals surface area contributed by atoms with E-state index in [1.165, 1.54) is 5.56 Å². The number of Topliss-reactive ketones (excluding diaryl/α,β-unsaturated/α-hetero) is 1. The summed E-state index contributed by atoms with van der Waals surface area (Å²) < 4.78 is 16.6. The molecule has 2 aliphatic rings. The van der Waals surface area contributed by atoms with Crippen molar-refractivity contribution in [3.63, 3.8) is 0 Å². The molecule has 1 saturated heterocycles. The molecule has 7 nitrogen and oxygen atoms in total. The van der Waals surface area contributed by atoms with Crippen LogP contribution in [-0.2, 0) is 6.54 Å². The Morgan fingerprint density at radius 3 is 2.75 bits per heavy atom. The molecule has 0 saturated carbocycles. The molecule has 186 valence electrons. The number of phenolic OH excluding ortho intramolecular Hbond substituents is 1. The van der Waals surface area contributed by atoms with Gasteiger partial charge in [-0.15, -0.1) is 0 Å². The molecule has 3 aromatic rings. The van der Waals surface area contributed by atoms with Gasteiger partial charge in [-0.2, -0.15) is 0 Å². The molecule has 5 rings (SSSR count). The Morgan fingerprint density at radius 1 is 1.17 bits per heavy atom. The summed E-state index contributed by atoms with van der Waals surface area (Å²) in [6.45, 7) is 3.25. The number of piperidine rings is 1. The first-order chi connectivity index (χ1) is 17.5. The highest BCUT2D eigenvalue weighted by atomic mass is 16.5. The lowest BCUT2D eigenvalue weighted by Gasteiger charge is -2.36. The number of ketones is 1. The number of aromatic hydroxyl groups is 1. The van der Waals surface area contributed by atoms with Crippen LogP contribution in [0, 0.1) is 6.92 Å². The van der Waals surface area contributed by atoms with Crippen molar-refractivity contribution in [1.82, 2.24) is 9.88 Å². The van der Waals surface area contributed by atoms with E-state index in [-0.39, 0.29) is 23.3 Å². The van der Waals surface area contributed by atoms with Crippen LogP contribution in [0.3, 0.4) is 0 Å². The molecule has 3 heterocycles. The molecule has 1 atom stereocenters. The van der Waals surface area contributed by atoms with Gasteiger partial charge in [0.25, 0.3) is 0 Å². The largest absolute Gasteiger partial charge is 0.507 e. The number of likely N-dealkylation sites (tertiary alicyclic amines) is 1. The number of methoxy groups -OCH3 is 2. The summed E-state index contributed by atoms with van der Waals surface area (Å²) in [6, 6.07) is 11.5. The molecule has 0 radical (unpaired) electrons. The van der Waals surface area contributed by atoms with Crippen LogP contribution in [0.15, 0.2) is 54.6 Å². The van der Waals surface area contributed by atoms with E-state index in [1.54, 1.807) is 51.6 Å². The summed E-state index contributed by atoms with van der Waals surface area (Å²) in [4.78, 5) is 20.0. The number of fused-ring (bicyclic) bond motifs is 1. The quantitative estimate of drug-likeness (QED) is 0.464. The van der Waals surface area contributed by atoms with E-state index < -0.39 is 0 Å². The van der Waals surface area contributed by atoms with Crippen molar-refractivity contribution in [1.29, 1.82) is 0 Å². The number of carbonyl (C=O) groups is 1. The first kappa shape index (κ1) is 23.9. The minimum absolute atomic E-state index is 0.171. The molecule has 0 aliphatic carbocycles. The number of pyridine rings is 1. The topological polar surface area (TPSA) is 81.1 Å². The average Bonchev–Trinajstić information content (AvgIpc) is 3.22. The first-order valence-electron chi connectivity index (χ1n) is 12.2. The smallest absolute Gasteiger partial charge is 0.231 e. The number of phenols is 1. The molecule has 2 aromatic carbocycles. The molecule has 2 aliphatic heterocycles. The Labute approximate surface area is 210 Å². The minimum Gasteiger partial charge on any atom is -0.507 e. The number of benzene rings is 2. The van der Waals surface area contributed by atoms with E-state index >= 15 is 0 Å². The molecule has 1 N–H and O–H groups in total. The van der Waals surface area contributed by atoms with Crippen LogP contribution in [-0.4, -0.2) is 41.5 Å². The summed E-state index contributed by atoms with van der Waals surface area (Å²) in [5.41, 5.74) is 3.70. The highest BCUT2D eigenvalue weighted by molar-refractivity contribution is 6.15. The Bertz CT molecular complexity index is 1320. The molecule has 0 unspecified atom stereocenters. The van der Waals surface area contributed by atoms with E-state index in [0.717, 1.165) is 36.9 Å². The Morgan fingerprint density at radius 2 is 2.00 bits per heavy atom. The second kappa shape index (κ2) is 10.0. The van der Waals surface area contributed by atoms with Gasteiger partial charge in [-0.05, 0) is 67.8 Å². The molecule has 1 aromatic heterocycles. The van der Waals surface area contributed by atoms with Gasteiger partial charge in [0.2, 0.25) is 5.78 Å². The van der Waals surface area contributed by atoms with E-state index in [2.05, 4.69) is 16.0 Å². The van der Waals surface area contributed by atoms with Gasteiger partial charge in [-0.3, -0.25) is 14.7 Å². The number of aromatic nitrogens is 1. The fraction of sp³-hybridized carbons (Fsp3) is 0.310. The van der Waals surface area contributed by atoms with Gasteiger partial charge in [-0.25, -0.2) is 0 Å². The van der Waals surface area contributed by atoms with Crippen LogP contribution in [0.1, 0.15) is 57.9 Å². The summed E-state index contributed by atoms with van der Waals surface area (Å²) in [6.07, 6.45) is 8.67. The van der Waals surface area contributed by atoms with Crippen molar-refractivity contribution >= 4 is 11.9 Å². The van der Waals surface area contributed by atoms with Crippen LogP contribution < -0.4 is 14.2 Å². The zero-order valence-corrected chi connectivity index (χ0v) is 20.8. The fourth-order valence-electron chi connectivity index (χ4n) is 5.11. The van der Waals surface area contributed by atoms with Gasteiger partial charge < -0.3 is 19.3 Å². The summed E-state index contributed by atoms with van der Waals surface area (Å²) in [5.74, 6) is 1.76. The lowest BCUT2D eigenvalue weighted by Crippen LogP contribution is -2.33. The predicted molar refractivity (Wildman–Crippen MR) is 137 cm³/mol. The summed E-state index contributed by atoms with van der Waals surface area (Å²) in [5, 5.41) is 11.1. The van der Waals surface area contributed by atoms with Gasteiger partial charge in [0.05, 0.1) is 19.8 Å². The molecular formula is C29H30N2O5. The molecule has 36 heavy (non-hydrogen) atoms. The van der Waals surface area contributed by atoms with Crippen molar-refractivity contribution < 1.29 is 24.1 Å². The monoisotopic (exact) mass is 486 g/mol. The molecule has 0 bridgehead atoms. The number of rotatable bonds is 6. The summed E-state index contributed by atoms with van der Waals surface area (Å²) in [7, 11) is 3.14. The third-order valence-corrected chi connectivity index (χ3v) is 7.01. The maximum atomic E-state index is 13.3. The van der Waals surface area contributed by atoms with Crippen molar-refractivity contribution in [2.75, 3.05) is 20.8 Å². The van der Waals surface area contributed by atoms with E-state index in [9.17, 15) is 9.90 Å². The number of allylic oxidation sites excluding steroid dienone is 1. The zero-order chi connectivity index (χ0) is 25.2. The molecule has 0 amide bonds. The number of ether oxygens (including phenoxy) is 3. The Kier molecular flexibility index (Phi) is 6.65. The van der Waals surface area contributed by atoms with E-state index in [1.807, 2.05) is 18.3 Å². The molecule has 7 heteroatoms. The number of hydrogen-bond acceptors (Lipinski definition) is 7. The maximum absolute atomic E-state index is 13.3. The second-order valence-corrected chi connectivity index (χ2v) is 9.21. The van der Waals surface area contributed by atoms with Crippen LogP contribution in [0.25, 0.3) is 6.08 Å². The highest BCUT2D eigenvalue weighted by Gasteiger charge is 2.33. The zero-order valence-electron chi connectivity index (χ0n) is 20.8. The van der Waals surface area contributed by atoms with Gasteiger partial charge in [-0.1, -0.05) is 18.6 Å². The number of carbonyl (C=O) groups excluding carboxylic acids is 1. The first-order valence-corrected chi connectivity index (χ1v) is 12.2. The van der Waals surface area contributed by atoms with Crippen LogP contribution in [0.5, 0.6) is 23.0 Å². The molecule has 1 fully saturated rings. The van der Waals surface area contributed by atoms with Crippen molar-refractivity contribution in [3.05, 3.63) is 82.4 Å². The molecule has 0 spiro atoms. The van der Waals surface area contributed by atoms with E-state index in [4.69, 9.17) is 14.2 Å². The fourth-order valence-corrected chi connectivity index (χ4v) is 5.11. The third-order valence-electron chi connectivity index (χ3n) is 7.01. The average molecular weight is 487 g/mol. The van der Waals surface area contributed by atoms with Crippen molar-refractivity contribution in [2.45, 2.75) is 38.8 Å². The number of nitrogens with zero attached hydrogens (tertiary/aromatic N) is 2. The Hall–Kier alpha value is -3.84. The third kappa shape index (κ3) is 4.42. The Balaban J connectivity index is 1.44.